The van der Waals surface area contributed by atoms with Gasteiger partial charge in [0.25, 0.3) is 0 Å². The van der Waals surface area contributed by atoms with Gasteiger partial charge in [-0.3, -0.25) is 9.52 Å². The highest BCUT2D eigenvalue weighted by atomic mass is 32.2. The molecular formula is C23H26F2N4O2S. The molecule has 0 unspecified atom stereocenters. The van der Waals surface area contributed by atoms with E-state index >= 15 is 4.39 Å². The standard InChI is InChI=1S/C23H26F2N4O2S/c1-13-21(31-14(2)28-13)20(30)9-23(6,29-32-22(3,4)5)17-7-16(18(24)8-19(17)25)15-10-26-12-27-11-15/h7-8,10-12,29H,9H2,1-6H3/t23-/m0/s1. The Morgan fingerprint density at radius 1 is 1.09 bits per heavy atom. The van der Waals surface area contributed by atoms with Crippen LogP contribution in [0.5, 0.6) is 0 Å². The van der Waals surface area contributed by atoms with E-state index in [9.17, 15) is 9.18 Å². The van der Waals surface area contributed by atoms with Crippen LogP contribution < -0.4 is 4.72 Å². The van der Waals surface area contributed by atoms with Crippen LogP contribution >= 0.6 is 11.9 Å². The molecule has 0 fully saturated rings. The maximum absolute atomic E-state index is 15.1. The van der Waals surface area contributed by atoms with E-state index in [1.54, 1.807) is 20.8 Å². The lowest BCUT2D eigenvalue weighted by molar-refractivity contribution is 0.0920. The van der Waals surface area contributed by atoms with Gasteiger partial charge >= 0.3 is 0 Å². The van der Waals surface area contributed by atoms with Crippen LogP contribution in [0.2, 0.25) is 0 Å². The average Bonchev–Trinajstić information content (AvgIpc) is 3.05. The molecule has 2 heterocycles. The third-order valence-electron chi connectivity index (χ3n) is 4.78. The summed E-state index contributed by atoms with van der Waals surface area (Å²) in [5, 5.41) is 0. The predicted octanol–water partition coefficient (Wildman–Crippen LogP) is 5.55. The van der Waals surface area contributed by atoms with Crippen LogP contribution in [0.4, 0.5) is 8.78 Å². The first-order valence-corrected chi connectivity index (χ1v) is 10.9. The van der Waals surface area contributed by atoms with Gasteiger partial charge in [-0.1, -0.05) is 11.9 Å². The van der Waals surface area contributed by atoms with E-state index in [0.717, 1.165) is 6.07 Å². The van der Waals surface area contributed by atoms with Crippen LogP contribution in [0.1, 0.15) is 61.8 Å². The monoisotopic (exact) mass is 460 g/mol. The Morgan fingerprint density at radius 2 is 1.75 bits per heavy atom. The molecule has 1 N–H and O–H groups in total. The highest BCUT2D eigenvalue weighted by molar-refractivity contribution is 7.98. The first-order valence-electron chi connectivity index (χ1n) is 10.1. The van der Waals surface area contributed by atoms with Crippen LogP contribution in [0.25, 0.3) is 11.1 Å². The van der Waals surface area contributed by atoms with Gasteiger partial charge in [-0.25, -0.2) is 23.7 Å². The molecule has 0 saturated carbocycles. The van der Waals surface area contributed by atoms with Gasteiger partial charge in [0.15, 0.2) is 11.7 Å². The number of aromatic nitrogens is 3. The van der Waals surface area contributed by atoms with Crippen LogP contribution in [0, 0.1) is 25.5 Å². The molecule has 32 heavy (non-hydrogen) atoms. The number of nitrogens with zero attached hydrogens (tertiary/aromatic N) is 3. The fourth-order valence-electron chi connectivity index (χ4n) is 3.27. The molecule has 0 aliphatic rings. The third kappa shape index (κ3) is 5.39. The van der Waals surface area contributed by atoms with Crippen LogP contribution in [0.15, 0.2) is 35.3 Å². The van der Waals surface area contributed by atoms with E-state index in [2.05, 4.69) is 19.7 Å². The maximum atomic E-state index is 15.1. The van der Waals surface area contributed by atoms with Crippen molar-refractivity contribution in [1.82, 2.24) is 19.7 Å². The number of carbonyl (C=O) groups excluding carboxylic acids is 1. The minimum absolute atomic E-state index is 0.126. The summed E-state index contributed by atoms with van der Waals surface area (Å²) in [6, 6.07) is 2.24. The van der Waals surface area contributed by atoms with Crippen molar-refractivity contribution in [1.29, 1.82) is 0 Å². The normalized spacial score (nSPS) is 13.8. The number of nitrogens with one attached hydrogen (secondary N) is 1. The molecule has 0 saturated heterocycles. The Kier molecular flexibility index (Phi) is 6.80. The first kappa shape index (κ1) is 24.0. The lowest BCUT2D eigenvalue weighted by Crippen LogP contribution is -2.40. The molecular weight excluding hydrogens is 434 g/mol. The number of hydrogen-bond donors (Lipinski definition) is 1. The van der Waals surface area contributed by atoms with Gasteiger partial charge in [0.2, 0.25) is 5.78 Å². The predicted molar refractivity (Wildman–Crippen MR) is 120 cm³/mol. The highest BCUT2D eigenvalue weighted by Gasteiger charge is 2.36. The zero-order valence-electron chi connectivity index (χ0n) is 18.9. The van der Waals surface area contributed by atoms with E-state index in [1.165, 1.54) is 36.7 Å². The number of benzene rings is 1. The number of aryl methyl sites for hydroxylation is 2. The molecule has 0 aliphatic heterocycles. The van der Waals surface area contributed by atoms with Crippen LogP contribution in [-0.4, -0.2) is 25.5 Å². The van der Waals surface area contributed by atoms with Crippen molar-refractivity contribution in [3.63, 3.8) is 0 Å². The molecule has 2 aromatic heterocycles. The Bertz CT molecular complexity index is 1130. The largest absolute Gasteiger partial charge is 0.438 e. The Hall–Kier alpha value is -2.65. The number of carbonyl (C=O) groups is 1. The smallest absolute Gasteiger partial charge is 0.202 e. The van der Waals surface area contributed by atoms with Crippen molar-refractivity contribution in [3.8, 4) is 11.1 Å². The number of halogens is 2. The van der Waals surface area contributed by atoms with Crippen molar-refractivity contribution >= 4 is 17.7 Å². The zero-order chi connectivity index (χ0) is 23.7. The van der Waals surface area contributed by atoms with Gasteiger partial charge in [0.1, 0.15) is 18.0 Å². The summed E-state index contributed by atoms with van der Waals surface area (Å²) in [6.07, 6.45) is 4.11. The maximum Gasteiger partial charge on any atom is 0.202 e. The van der Waals surface area contributed by atoms with Gasteiger partial charge in [-0.05, 0) is 40.7 Å². The first-order chi connectivity index (χ1) is 14.9. The van der Waals surface area contributed by atoms with Gasteiger partial charge in [0.05, 0.1) is 11.2 Å². The summed E-state index contributed by atoms with van der Waals surface area (Å²) < 4.78 is 38.3. The molecule has 3 aromatic rings. The molecule has 9 heteroatoms. The lowest BCUT2D eigenvalue weighted by Gasteiger charge is -2.34. The average molecular weight is 461 g/mol. The van der Waals surface area contributed by atoms with E-state index in [4.69, 9.17) is 4.42 Å². The molecule has 0 radical (unpaired) electrons. The topological polar surface area (TPSA) is 80.9 Å². The molecule has 3 rings (SSSR count). The second kappa shape index (κ2) is 9.07. The van der Waals surface area contributed by atoms with Crippen molar-refractivity contribution in [3.05, 3.63) is 65.4 Å². The van der Waals surface area contributed by atoms with Gasteiger partial charge in [-0.2, -0.15) is 0 Å². The molecule has 1 atom stereocenters. The van der Waals surface area contributed by atoms with Gasteiger partial charge < -0.3 is 4.42 Å². The number of ketones is 1. The summed E-state index contributed by atoms with van der Waals surface area (Å²) in [7, 11) is 0. The second-order valence-electron chi connectivity index (χ2n) is 8.84. The molecule has 0 aliphatic carbocycles. The molecule has 0 bridgehead atoms. The molecule has 0 spiro atoms. The molecule has 170 valence electrons. The lowest BCUT2D eigenvalue weighted by atomic mass is 9.85. The zero-order valence-corrected chi connectivity index (χ0v) is 19.7. The Morgan fingerprint density at radius 3 is 2.31 bits per heavy atom. The minimum Gasteiger partial charge on any atom is -0.438 e. The minimum atomic E-state index is -1.18. The van der Waals surface area contributed by atoms with E-state index in [0.29, 0.717) is 17.1 Å². The number of hydrogen-bond acceptors (Lipinski definition) is 7. The summed E-state index contributed by atoms with van der Waals surface area (Å²) >= 11 is 1.36. The summed E-state index contributed by atoms with van der Waals surface area (Å²) in [6.45, 7) is 11.0. The van der Waals surface area contributed by atoms with Gasteiger partial charge in [0, 0.05) is 53.2 Å². The van der Waals surface area contributed by atoms with Gasteiger partial charge in [-0.15, -0.1) is 0 Å². The molecule has 6 nitrogen and oxygen atoms in total. The highest BCUT2D eigenvalue weighted by Crippen LogP contribution is 2.37. The third-order valence-corrected chi connectivity index (χ3v) is 5.94. The molecule has 1 aromatic carbocycles. The van der Waals surface area contributed by atoms with Crippen molar-refractivity contribution in [2.45, 2.75) is 58.2 Å². The van der Waals surface area contributed by atoms with E-state index < -0.39 is 17.2 Å². The summed E-state index contributed by atoms with van der Waals surface area (Å²) in [5.74, 6) is -1.31. The Labute approximate surface area is 190 Å². The second-order valence-corrected chi connectivity index (χ2v) is 10.5. The summed E-state index contributed by atoms with van der Waals surface area (Å²) in [5.41, 5.74) is 0.00134. The number of rotatable bonds is 7. The SMILES string of the molecule is Cc1nc(C)c(C(=O)C[C@](C)(NSC(C)(C)C)c2cc(-c3cncnc3)c(F)cc2F)o1. The fraction of sp³-hybridized carbons (Fsp3) is 0.391. The van der Waals surface area contributed by atoms with Crippen molar-refractivity contribution in [2.75, 3.05) is 0 Å². The van der Waals surface area contributed by atoms with E-state index in [1.807, 2.05) is 20.8 Å². The van der Waals surface area contributed by atoms with Crippen molar-refractivity contribution in [2.24, 2.45) is 0 Å². The van der Waals surface area contributed by atoms with E-state index in [-0.39, 0.29) is 33.8 Å². The fourth-order valence-corrected chi connectivity index (χ4v) is 3.99. The Balaban J connectivity index is 2.09. The number of Topliss-reactive ketones (excluding diaryl/α,β-unsaturated/α-hetero) is 1. The molecule has 0 amide bonds. The van der Waals surface area contributed by atoms with Crippen LogP contribution in [0.3, 0.4) is 0 Å². The number of oxazole rings is 1. The van der Waals surface area contributed by atoms with Crippen molar-refractivity contribution < 1.29 is 18.0 Å². The van der Waals surface area contributed by atoms with Crippen LogP contribution in [-0.2, 0) is 5.54 Å². The summed E-state index contributed by atoms with van der Waals surface area (Å²) in [4.78, 5) is 25.1. The quantitative estimate of drug-likeness (QED) is 0.366.